The highest BCUT2D eigenvalue weighted by Crippen LogP contribution is 2.32. The van der Waals surface area contributed by atoms with Gasteiger partial charge in [-0.1, -0.05) is 30.0 Å². The van der Waals surface area contributed by atoms with Crippen molar-refractivity contribution in [2.75, 3.05) is 4.90 Å². The van der Waals surface area contributed by atoms with Crippen LogP contribution in [0.5, 0.6) is 0 Å². The number of aromatic nitrogens is 2. The first-order chi connectivity index (χ1) is 10.1. The largest absolute Gasteiger partial charge is 0.274 e. The van der Waals surface area contributed by atoms with E-state index in [9.17, 15) is 9.59 Å². The van der Waals surface area contributed by atoms with Crippen molar-refractivity contribution in [2.45, 2.75) is 23.8 Å². The highest BCUT2D eigenvalue weighted by Gasteiger charge is 2.40. The number of carbonyl (C=O) groups excluding carboxylic acids is 2. The molecule has 0 radical (unpaired) electrons. The molecule has 106 valence electrons. The van der Waals surface area contributed by atoms with Crippen LogP contribution in [0.2, 0.25) is 0 Å². The summed E-state index contributed by atoms with van der Waals surface area (Å²) in [4.78, 5) is 34.2. The maximum absolute atomic E-state index is 12.4. The zero-order valence-corrected chi connectivity index (χ0v) is 12.2. The van der Waals surface area contributed by atoms with E-state index >= 15 is 0 Å². The van der Waals surface area contributed by atoms with Gasteiger partial charge >= 0.3 is 0 Å². The first-order valence-corrected chi connectivity index (χ1v) is 7.41. The Morgan fingerprint density at radius 3 is 2.67 bits per heavy atom. The molecule has 1 unspecified atom stereocenters. The highest BCUT2D eigenvalue weighted by atomic mass is 32.2. The van der Waals surface area contributed by atoms with Gasteiger partial charge in [0.1, 0.15) is 5.25 Å². The SMILES string of the molecule is Cc1ccnc(SC2CC(=O)N(c3ccccc3)C2=O)n1. The number of imide groups is 1. The number of hydrogen-bond acceptors (Lipinski definition) is 5. The van der Waals surface area contributed by atoms with Crippen LogP contribution in [-0.4, -0.2) is 27.0 Å². The standard InChI is InChI=1S/C15H13N3O2S/c1-10-7-8-16-15(17-10)21-12-9-13(19)18(14(12)20)11-5-3-2-4-6-11/h2-8,12H,9H2,1H3. The average molecular weight is 299 g/mol. The molecule has 6 heteroatoms. The third-order valence-corrected chi connectivity index (χ3v) is 4.20. The fourth-order valence-corrected chi connectivity index (χ4v) is 3.16. The molecule has 1 fully saturated rings. The Bertz CT molecular complexity index is 690. The van der Waals surface area contributed by atoms with Gasteiger partial charge in [-0.25, -0.2) is 14.9 Å². The van der Waals surface area contributed by atoms with Gasteiger partial charge in [0.25, 0.3) is 0 Å². The fraction of sp³-hybridized carbons (Fsp3) is 0.200. The van der Waals surface area contributed by atoms with Crippen LogP contribution in [0.3, 0.4) is 0 Å². The number of para-hydroxylation sites is 1. The first kappa shape index (κ1) is 13.8. The molecule has 1 atom stereocenters. The van der Waals surface area contributed by atoms with Crippen molar-refractivity contribution >= 4 is 29.3 Å². The molecule has 2 heterocycles. The minimum Gasteiger partial charge on any atom is -0.274 e. The van der Waals surface area contributed by atoms with Crippen LogP contribution >= 0.6 is 11.8 Å². The molecule has 21 heavy (non-hydrogen) atoms. The van der Waals surface area contributed by atoms with Crippen LogP contribution in [0.15, 0.2) is 47.8 Å². The molecule has 1 saturated heterocycles. The maximum atomic E-state index is 12.4. The summed E-state index contributed by atoms with van der Waals surface area (Å²) in [5, 5.41) is 0.0653. The summed E-state index contributed by atoms with van der Waals surface area (Å²) in [6, 6.07) is 10.8. The van der Waals surface area contributed by atoms with E-state index in [4.69, 9.17) is 0 Å². The van der Waals surface area contributed by atoms with E-state index in [1.54, 1.807) is 36.5 Å². The van der Waals surface area contributed by atoms with Crippen LogP contribution in [0, 0.1) is 6.92 Å². The molecular formula is C15H13N3O2S. The quantitative estimate of drug-likeness (QED) is 0.642. The lowest BCUT2D eigenvalue weighted by Gasteiger charge is -2.14. The van der Waals surface area contributed by atoms with E-state index in [0.29, 0.717) is 10.8 Å². The van der Waals surface area contributed by atoms with Gasteiger partial charge in [0.05, 0.1) is 5.69 Å². The molecule has 3 rings (SSSR count). The van der Waals surface area contributed by atoms with Crippen LogP contribution < -0.4 is 4.90 Å². The predicted octanol–water partition coefficient (Wildman–Crippen LogP) is 2.21. The van der Waals surface area contributed by atoms with E-state index in [0.717, 1.165) is 5.69 Å². The lowest BCUT2D eigenvalue weighted by Crippen LogP contribution is -2.31. The number of anilines is 1. The molecule has 5 nitrogen and oxygen atoms in total. The summed E-state index contributed by atoms with van der Waals surface area (Å²) in [6.45, 7) is 1.86. The third-order valence-electron chi connectivity index (χ3n) is 3.14. The first-order valence-electron chi connectivity index (χ1n) is 6.53. The molecular weight excluding hydrogens is 286 g/mol. The molecule has 1 aromatic heterocycles. The topological polar surface area (TPSA) is 63.2 Å². The van der Waals surface area contributed by atoms with Crippen molar-refractivity contribution in [2.24, 2.45) is 0 Å². The maximum Gasteiger partial charge on any atom is 0.247 e. The number of hydrogen-bond donors (Lipinski definition) is 0. The smallest absolute Gasteiger partial charge is 0.247 e. The number of aryl methyl sites for hydroxylation is 1. The molecule has 0 aliphatic carbocycles. The molecule has 1 aliphatic rings. The van der Waals surface area contributed by atoms with Gasteiger partial charge in [0.2, 0.25) is 11.8 Å². The molecule has 2 amide bonds. The van der Waals surface area contributed by atoms with Crippen LogP contribution in [0.25, 0.3) is 0 Å². The van der Waals surface area contributed by atoms with Crippen molar-refractivity contribution in [1.82, 2.24) is 9.97 Å². The lowest BCUT2D eigenvalue weighted by atomic mass is 10.3. The van der Waals surface area contributed by atoms with E-state index in [1.165, 1.54) is 16.7 Å². The molecule has 2 aromatic rings. The average Bonchev–Trinajstić information content (AvgIpc) is 2.74. The fourth-order valence-electron chi connectivity index (χ4n) is 2.15. The van der Waals surface area contributed by atoms with E-state index in [1.807, 2.05) is 13.0 Å². The van der Waals surface area contributed by atoms with E-state index < -0.39 is 5.25 Å². The second-order valence-electron chi connectivity index (χ2n) is 4.69. The van der Waals surface area contributed by atoms with E-state index in [-0.39, 0.29) is 18.2 Å². The summed E-state index contributed by atoms with van der Waals surface area (Å²) in [5.74, 6) is -0.391. The van der Waals surface area contributed by atoms with Gasteiger partial charge in [-0.05, 0) is 25.1 Å². The lowest BCUT2D eigenvalue weighted by molar-refractivity contribution is -0.121. The molecule has 0 bridgehead atoms. The summed E-state index contributed by atoms with van der Waals surface area (Å²) < 4.78 is 0. The Hall–Kier alpha value is -2.21. The van der Waals surface area contributed by atoms with Crippen molar-refractivity contribution < 1.29 is 9.59 Å². The van der Waals surface area contributed by atoms with Gasteiger partial charge in [0.15, 0.2) is 5.16 Å². The number of benzene rings is 1. The predicted molar refractivity (Wildman–Crippen MR) is 80.0 cm³/mol. The number of nitrogens with zero attached hydrogens (tertiary/aromatic N) is 3. The molecule has 0 spiro atoms. The van der Waals surface area contributed by atoms with E-state index in [2.05, 4.69) is 9.97 Å². The summed E-state index contributed by atoms with van der Waals surface area (Å²) in [7, 11) is 0. The molecule has 0 saturated carbocycles. The Morgan fingerprint density at radius 2 is 1.95 bits per heavy atom. The number of thioether (sulfide) groups is 1. The Morgan fingerprint density at radius 1 is 1.19 bits per heavy atom. The Labute approximate surface area is 126 Å². The minimum atomic E-state index is -0.459. The highest BCUT2D eigenvalue weighted by molar-refractivity contribution is 8.00. The number of carbonyl (C=O) groups is 2. The zero-order valence-electron chi connectivity index (χ0n) is 11.4. The van der Waals surface area contributed by atoms with Gasteiger partial charge in [-0.15, -0.1) is 0 Å². The zero-order chi connectivity index (χ0) is 14.8. The van der Waals surface area contributed by atoms with Crippen molar-refractivity contribution in [1.29, 1.82) is 0 Å². The second-order valence-corrected chi connectivity index (χ2v) is 5.86. The minimum absolute atomic E-state index is 0.176. The van der Waals surface area contributed by atoms with Crippen molar-refractivity contribution in [3.63, 3.8) is 0 Å². The van der Waals surface area contributed by atoms with Crippen molar-refractivity contribution in [3.8, 4) is 0 Å². The Kier molecular flexibility index (Phi) is 3.70. The van der Waals surface area contributed by atoms with Gasteiger partial charge < -0.3 is 0 Å². The normalized spacial score (nSPS) is 18.3. The summed E-state index contributed by atoms with van der Waals surface area (Å²) in [6.07, 6.45) is 1.83. The van der Waals surface area contributed by atoms with Crippen LogP contribution in [-0.2, 0) is 9.59 Å². The Balaban J connectivity index is 1.81. The number of amides is 2. The monoisotopic (exact) mass is 299 g/mol. The summed E-state index contributed by atoms with van der Waals surface area (Å²) >= 11 is 1.24. The molecule has 1 aliphatic heterocycles. The van der Waals surface area contributed by atoms with Crippen molar-refractivity contribution in [3.05, 3.63) is 48.3 Å². The van der Waals surface area contributed by atoms with Gasteiger partial charge in [-0.3, -0.25) is 9.59 Å². The second kappa shape index (κ2) is 5.65. The van der Waals surface area contributed by atoms with Gasteiger partial charge in [0, 0.05) is 18.3 Å². The van der Waals surface area contributed by atoms with Gasteiger partial charge in [-0.2, -0.15) is 0 Å². The summed E-state index contributed by atoms with van der Waals surface area (Å²) in [5.41, 5.74) is 1.45. The third kappa shape index (κ3) is 2.80. The number of rotatable bonds is 3. The van der Waals surface area contributed by atoms with Crippen LogP contribution in [0.1, 0.15) is 12.1 Å². The molecule has 1 aromatic carbocycles. The van der Waals surface area contributed by atoms with Crippen LogP contribution in [0.4, 0.5) is 5.69 Å². The molecule has 0 N–H and O–H groups in total.